The number of methoxy groups -OCH3 is 2. The summed E-state index contributed by atoms with van der Waals surface area (Å²) in [6.45, 7) is 0.612. The Kier molecular flexibility index (Phi) is 4.62. The standard InChI is InChI=1S/C21H20O6/c1-23-17-5-3-14(9-19(17)24-2)8-16-15(11-25-21(16)22)7-13-4-6-18-20(10-13)27-12-26-18/h3-6,8-10,15H,7,11-12H2,1-2H3/t15-/m0/s1. The van der Waals surface area contributed by atoms with Crippen LogP contribution in [0.15, 0.2) is 42.0 Å². The molecule has 140 valence electrons. The molecular weight excluding hydrogens is 348 g/mol. The molecule has 0 aromatic heterocycles. The first-order chi connectivity index (χ1) is 13.2. The van der Waals surface area contributed by atoms with Crippen LogP contribution in [0.25, 0.3) is 6.08 Å². The highest BCUT2D eigenvalue weighted by Gasteiger charge is 2.31. The summed E-state index contributed by atoms with van der Waals surface area (Å²) in [5.74, 6) is 2.44. The number of benzene rings is 2. The summed E-state index contributed by atoms with van der Waals surface area (Å²) in [4.78, 5) is 12.3. The molecule has 1 fully saturated rings. The number of fused-ring (bicyclic) bond motifs is 1. The van der Waals surface area contributed by atoms with Crippen LogP contribution in [0.3, 0.4) is 0 Å². The highest BCUT2D eigenvalue weighted by molar-refractivity contribution is 5.96. The molecule has 1 saturated heterocycles. The Hall–Kier alpha value is -3.15. The van der Waals surface area contributed by atoms with Crippen molar-refractivity contribution >= 4 is 12.0 Å². The highest BCUT2D eigenvalue weighted by Crippen LogP contribution is 2.35. The second-order valence-electron chi connectivity index (χ2n) is 6.40. The van der Waals surface area contributed by atoms with Gasteiger partial charge in [0.1, 0.15) is 0 Å². The lowest BCUT2D eigenvalue weighted by Gasteiger charge is -2.11. The van der Waals surface area contributed by atoms with Crippen LogP contribution >= 0.6 is 0 Å². The van der Waals surface area contributed by atoms with Gasteiger partial charge in [-0.2, -0.15) is 0 Å². The van der Waals surface area contributed by atoms with Crippen molar-refractivity contribution < 1.29 is 28.5 Å². The second-order valence-corrected chi connectivity index (χ2v) is 6.40. The zero-order valence-electron chi connectivity index (χ0n) is 15.2. The molecular formula is C21H20O6. The van der Waals surface area contributed by atoms with Crippen molar-refractivity contribution in [1.29, 1.82) is 0 Å². The zero-order valence-corrected chi connectivity index (χ0v) is 15.2. The van der Waals surface area contributed by atoms with Crippen molar-refractivity contribution in [1.82, 2.24) is 0 Å². The molecule has 0 aliphatic carbocycles. The van der Waals surface area contributed by atoms with Crippen LogP contribution in [0, 0.1) is 5.92 Å². The minimum atomic E-state index is -0.282. The molecule has 0 N–H and O–H groups in total. The summed E-state index contributed by atoms with van der Waals surface area (Å²) in [5.41, 5.74) is 2.58. The molecule has 0 unspecified atom stereocenters. The maximum Gasteiger partial charge on any atom is 0.334 e. The van der Waals surface area contributed by atoms with Crippen LogP contribution in [-0.2, 0) is 16.0 Å². The molecule has 2 heterocycles. The van der Waals surface area contributed by atoms with Gasteiger partial charge in [0.15, 0.2) is 23.0 Å². The molecule has 0 bridgehead atoms. The number of cyclic esters (lactones) is 1. The van der Waals surface area contributed by atoms with Gasteiger partial charge in [-0.25, -0.2) is 4.79 Å². The lowest BCUT2D eigenvalue weighted by Crippen LogP contribution is -2.07. The molecule has 0 amide bonds. The Bertz CT molecular complexity index is 902. The molecule has 0 radical (unpaired) electrons. The average Bonchev–Trinajstić information content (AvgIpc) is 3.29. The van der Waals surface area contributed by atoms with E-state index in [1.165, 1.54) is 0 Å². The van der Waals surface area contributed by atoms with Crippen molar-refractivity contribution in [2.24, 2.45) is 5.92 Å². The average molecular weight is 368 g/mol. The van der Waals surface area contributed by atoms with Gasteiger partial charge in [0.25, 0.3) is 0 Å². The summed E-state index contributed by atoms with van der Waals surface area (Å²) in [6.07, 6.45) is 2.54. The van der Waals surface area contributed by atoms with Crippen LogP contribution in [-0.4, -0.2) is 33.6 Å². The van der Waals surface area contributed by atoms with Gasteiger partial charge in [-0.15, -0.1) is 0 Å². The summed E-state index contributed by atoms with van der Waals surface area (Å²) < 4.78 is 26.7. The third-order valence-electron chi connectivity index (χ3n) is 4.74. The van der Waals surface area contributed by atoms with Crippen LogP contribution in [0.2, 0.25) is 0 Å². The van der Waals surface area contributed by atoms with Crippen molar-refractivity contribution in [3.05, 3.63) is 53.1 Å². The molecule has 27 heavy (non-hydrogen) atoms. The van der Waals surface area contributed by atoms with Gasteiger partial charge in [-0.3, -0.25) is 0 Å². The molecule has 1 atom stereocenters. The van der Waals surface area contributed by atoms with Gasteiger partial charge >= 0.3 is 5.97 Å². The van der Waals surface area contributed by atoms with E-state index in [-0.39, 0.29) is 18.7 Å². The quantitative estimate of drug-likeness (QED) is 0.596. The number of hydrogen-bond donors (Lipinski definition) is 0. The Morgan fingerprint density at radius 1 is 1.00 bits per heavy atom. The number of esters is 1. The van der Waals surface area contributed by atoms with Crippen LogP contribution < -0.4 is 18.9 Å². The van der Waals surface area contributed by atoms with Gasteiger partial charge in [-0.1, -0.05) is 12.1 Å². The lowest BCUT2D eigenvalue weighted by atomic mass is 9.92. The van der Waals surface area contributed by atoms with Crippen molar-refractivity contribution in [2.75, 3.05) is 27.6 Å². The Balaban J connectivity index is 1.59. The van der Waals surface area contributed by atoms with E-state index in [2.05, 4.69) is 0 Å². The van der Waals surface area contributed by atoms with E-state index < -0.39 is 0 Å². The van der Waals surface area contributed by atoms with E-state index in [1.54, 1.807) is 14.2 Å². The topological polar surface area (TPSA) is 63.2 Å². The number of ether oxygens (including phenoxy) is 5. The first kappa shape index (κ1) is 17.3. The third kappa shape index (κ3) is 3.43. The van der Waals surface area contributed by atoms with Crippen LogP contribution in [0.4, 0.5) is 0 Å². The Labute approximate surface area is 157 Å². The van der Waals surface area contributed by atoms with Gasteiger partial charge in [-0.05, 0) is 47.9 Å². The molecule has 2 aliphatic rings. The van der Waals surface area contributed by atoms with E-state index in [0.29, 0.717) is 30.1 Å². The minimum absolute atomic E-state index is 0.0223. The smallest absolute Gasteiger partial charge is 0.334 e. The first-order valence-corrected chi connectivity index (χ1v) is 8.67. The van der Waals surface area contributed by atoms with E-state index in [1.807, 2.05) is 42.5 Å². The lowest BCUT2D eigenvalue weighted by molar-refractivity contribution is -0.135. The molecule has 2 aromatic rings. The molecule has 0 spiro atoms. The van der Waals surface area contributed by atoms with Crippen molar-refractivity contribution in [3.63, 3.8) is 0 Å². The predicted molar refractivity (Wildman–Crippen MR) is 98.2 cm³/mol. The Morgan fingerprint density at radius 2 is 1.81 bits per heavy atom. The summed E-state index contributed by atoms with van der Waals surface area (Å²) in [6, 6.07) is 11.4. The molecule has 6 nitrogen and oxygen atoms in total. The monoisotopic (exact) mass is 368 g/mol. The normalized spacial score (nSPS) is 19.3. The minimum Gasteiger partial charge on any atom is -0.493 e. The molecule has 4 rings (SSSR count). The largest absolute Gasteiger partial charge is 0.493 e. The van der Waals surface area contributed by atoms with Gasteiger partial charge < -0.3 is 23.7 Å². The summed E-state index contributed by atoms with van der Waals surface area (Å²) in [7, 11) is 3.17. The Morgan fingerprint density at radius 3 is 2.63 bits per heavy atom. The SMILES string of the molecule is COc1ccc(C=C2C(=O)OC[C@@H]2Cc2ccc3c(c2)OCO3)cc1OC. The second kappa shape index (κ2) is 7.23. The molecule has 2 aliphatic heterocycles. The van der Waals surface area contributed by atoms with E-state index >= 15 is 0 Å². The number of rotatable bonds is 5. The van der Waals surface area contributed by atoms with Crippen molar-refractivity contribution in [2.45, 2.75) is 6.42 Å². The maximum atomic E-state index is 12.3. The first-order valence-electron chi connectivity index (χ1n) is 8.67. The molecule has 6 heteroatoms. The van der Waals surface area contributed by atoms with Crippen LogP contribution in [0.1, 0.15) is 11.1 Å². The maximum absolute atomic E-state index is 12.3. The number of carbonyl (C=O) groups excluding carboxylic acids is 1. The van der Waals surface area contributed by atoms with E-state index in [4.69, 9.17) is 23.7 Å². The predicted octanol–water partition coefficient (Wildman–Crippen LogP) is 3.23. The highest BCUT2D eigenvalue weighted by atomic mass is 16.7. The summed E-state index contributed by atoms with van der Waals surface area (Å²) >= 11 is 0. The number of carbonyl (C=O) groups is 1. The van der Waals surface area contributed by atoms with Crippen molar-refractivity contribution in [3.8, 4) is 23.0 Å². The fraction of sp³-hybridized carbons (Fsp3) is 0.286. The van der Waals surface area contributed by atoms with Gasteiger partial charge in [0.05, 0.1) is 20.8 Å². The van der Waals surface area contributed by atoms with Gasteiger partial charge in [0, 0.05) is 11.5 Å². The third-order valence-corrected chi connectivity index (χ3v) is 4.74. The van der Waals surface area contributed by atoms with Gasteiger partial charge in [0.2, 0.25) is 6.79 Å². The fourth-order valence-electron chi connectivity index (χ4n) is 3.34. The van der Waals surface area contributed by atoms with Crippen LogP contribution in [0.5, 0.6) is 23.0 Å². The summed E-state index contributed by atoms with van der Waals surface area (Å²) in [5, 5.41) is 0. The molecule has 2 aromatic carbocycles. The van der Waals surface area contributed by atoms with E-state index in [9.17, 15) is 4.79 Å². The van der Waals surface area contributed by atoms with E-state index in [0.717, 1.165) is 22.6 Å². The number of hydrogen-bond acceptors (Lipinski definition) is 6. The zero-order chi connectivity index (χ0) is 18.8. The molecule has 0 saturated carbocycles. The fourth-order valence-corrected chi connectivity index (χ4v) is 3.34.